The maximum Gasteiger partial charge on any atom is 0.269 e. The van der Waals surface area contributed by atoms with Gasteiger partial charge in [-0.05, 0) is 63.0 Å². The largest absolute Gasteiger partial charge is 0.413 e. The lowest BCUT2D eigenvalue weighted by atomic mass is 9.86. The van der Waals surface area contributed by atoms with Crippen LogP contribution in [-0.2, 0) is 24.5 Å². The molecule has 2 heterocycles. The Morgan fingerprint density at radius 1 is 1.10 bits per heavy atom. The molecule has 0 aliphatic heterocycles. The van der Waals surface area contributed by atoms with Gasteiger partial charge in [0.1, 0.15) is 12.1 Å². The Hall–Kier alpha value is -2.32. The van der Waals surface area contributed by atoms with Gasteiger partial charge in [-0.3, -0.25) is 0 Å². The summed E-state index contributed by atoms with van der Waals surface area (Å²) in [6, 6.07) is 8.26. The summed E-state index contributed by atoms with van der Waals surface area (Å²) in [6.45, 7) is 14.4. The predicted molar refractivity (Wildman–Crippen MR) is 161 cm³/mol. The number of rotatable bonds is 10. The second kappa shape index (κ2) is 10.8. The van der Waals surface area contributed by atoms with E-state index in [1.807, 2.05) is 25.8 Å². The zero-order chi connectivity index (χ0) is 29.7. The first kappa shape index (κ1) is 30.6. The van der Waals surface area contributed by atoms with E-state index in [-0.39, 0.29) is 27.8 Å². The normalized spacial score (nSPS) is 19.4. The molecule has 3 aromatic rings. The van der Waals surface area contributed by atoms with E-state index in [1.54, 1.807) is 30.3 Å². The molecule has 0 spiro atoms. The lowest BCUT2D eigenvalue weighted by Gasteiger charge is -2.42. The smallest absolute Gasteiger partial charge is 0.269 e. The molecule has 0 radical (unpaired) electrons. The third-order valence-electron chi connectivity index (χ3n) is 8.10. The van der Waals surface area contributed by atoms with Gasteiger partial charge in [-0.25, -0.2) is 35.5 Å². The molecular weight excluding hydrogens is 567 g/mol. The Morgan fingerprint density at radius 2 is 1.73 bits per heavy atom. The number of benzene rings is 1. The summed E-state index contributed by atoms with van der Waals surface area (Å²) < 4.78 is 62.6. The Morgan fingerprint density at radius 3 is 2.33 bits per heavy atom. The van der Waals surface area contributed by atoms with Gasteiger partial charge in [0.15, 0.2) is 14.0 Å². The molecule has 220 valence electrons. The summed E-state index contributed by atoms with van der Waals surface area (Å²) in [4.78, 5) is 10.9. The SMILES string of the molecule is Cc1ccc(S(=O)(=O)n2ccc3c(N(C)C4CC(NS(=O)(=O)CC(C)O[Si](C)(C)C(C)(C)C)C4)ncnc32)cc1. The van der Waals surface area contributed by atoms with Crippen molar-refractivity contribution in [1.29, 1.82) is 0 Å². The van der Waals surface area contributed by atoms with Crippen LogP contribution in [0.4, 0.5) is 5.82 Å². The first-order valence-electron chi connectivity index (χ1n) is 13.5. The molecule has 10 nitrogen and oxygen atoms in total. The fourth-order valence-corrected chi connectivity index (χ4v) is 9.06. The maximum absolute atomic E-state index is 13.3. The van der Waals surface area contributed by atoms with Crippen molar-refractivity contribution >= 4 is 45.2 Å². The van der Waals surface area contributed by atoms with Crippen LogP contribution in [0.2, 0.25) is 18.1 Å². The number of anilines is 1. The minimum atomic E-state index is -3.83. The Labute approximate surface area is 239 Å². The third-order valence-corrected chi connectivity index (χ3v) is 16.0. The number of nitrogens with zero attached hydrogens (tertiary/aromatic N) is 4. The minimum Gasteiger partial charge on any atom is -0.413 e. The van der Waals surface area contributed by atoms with Gasteiger partial charge in [0, 0.05) is 25.3 Å². The molecule has 0 saturated heterocycles. The first-order chi connectivity index (χ1) is 18.4. The van der Waals surface area contributed by atoms with Gasteiger partial charge in [0.2, 0.25) is 10.0 Å². The van der Waals surface area contributed by atoms with Gasteiger partial charge in [0.05, 0.1) is 22.1 Å². The summed E-state index contributed by atoms with van der Waals surface area (Å²) in [7, 11) is -7.53. The maximum atomic E-state index is 13.3. The third kappa shape index (κ3) is 6.28. The lowest BCUT2D eigenvalue weighted by Crippen LogP contribution is -2.54. The summed E-state index contributed by atoms with van der Waals surface area (Å²) in [5, 5.41) is 0.615. The van der Waals surface area contributed by atoms with Crippen molar-refractivity contribution in [3.8, 4) is 0 Å². The Kier molecular flexibility index (Phi) is 8.29. The van der Waals surface area contributed by atoms with Crippen LogP contribution < -0.4 is 9.62 Å². The fraction of sp³-hybridized carbons (Fsp3) is 0.556. The second-order valence-corrected chi connectivity index (χ2v) is 20.8. The topological polar surface area (TPSA) is 123 Å². The van der Waals surface area contributed by atoms with Crippen LogP contribution in [0.25, 0.3) is 11.0 Å². The molecule has 1 N–H and O–H groups in total. The van der Waals surface area contributed by atoms with E-state index in [9.17, 15) is 16.8 Å². The highest BCUT2D eigenvalue weighted by molar-refractivity contribution is 7.90. The van der Waals surface area contributed by atoms with Crippen LogP contribution in [0.15, 0.2) is 47.8 Å². The van der Waals surface area contributed by atoms with Crippen molar-refractivity contribution in [1.82, 2.24) is 18.7 Å². The highest BCUT2D eigenvalue weighted by Gasteiger charge is 2.40. The number of hydrogen-bond donors (Lipinski definition) is 1. The number of hydrogen-bond acceptors (Lipinski definition) is 8. The zero-order valence-corrected chi connectivity index (χ0v) is 27.2. The van der Waals surface area contributed by atoms with Crippen LogP contribution >= 0.6 is 0 Å². The average Bonchev–Trinajstić information content (AvgIpc) is 3.24. The number of aryl methyl sites for hydroxylation is 1. The van der Waals surface area contributed by atoms with E-state index in [2.05, 4.69) is 48.6 Å². The highest BCUT2D eigenvalue weighted by Crippen LogP contribution is 2.37. The first-order valence-corrected chi connectivity index (χ1v) is 19.5. The molecule has 1 saturated carbocycles. The predicted octanol–water partition coefficient (Wildman–Crippen LogP) is 4.27. The van der Waals surface area contributed by atoms with Crippen molar-refractivity contribution in [2.45, 2.75) is 88.7 Å². The molecule has 1 unspecified atom stereocenters. The van der Waals surface area contributed by atoms with Crippen molar-refractivity contribution in [2.24, 2.45) is 0 Å². The molecule has 4 rings (SSSR count). The van der Waals surface area contributed by atoms with E-state index in [1.165, 1.54) is 16.5 Å². The average molecular weight is 608 g/mol. The molecule has 1 aromatic carbocycles. The van der Waals surface area contributed by atoms with Crippen LogP contribution in [0.3, 0.4) is 0 Å². The molecule has 0 bridgehead atoms. The highest BCUT2D eigenvalue weighted by atomic mass is 32.2. The molecule has 0 amide bonds. The molecule has 1 atom stereocenters. The van der Waals surface area contributed by atoms with Crippen molar-refractivity contribution in [3.63, 3.8) is 0 Å². The molecule has 1 aliphatic rings. The van der Waals surface area contributed by atoms with Crippen LogP contribution in [0, 0.1) is 6.92 Å². The molecule has 1 aliphatic carbocycles. The number of nitrogens with one attached hydrogen (secondary N) is 1. The second-order valence-electron chi connectivity index (χ2n) is 12.4. The Balaban J connectivity index is 1.42. The van der Waals surface area contributed by atoms with Gasteiger partial charge in [-0.15, -0.1) is 0 Å². The van der Waals surface area contributed by atoms with Crippen molar-refractivity contribution in [2.75, 3.05) is 17.7 Å². The summed E-state index contributed by atoms with van der Waals surface area (Å²) in [6.07, 6.45) is 3.68. The van der Waals surface area contributed by atoms with Gasteiger partial charge in [-0.1, -0.05) is 38.5 Å². The molecule has 40 heavy (non-hydrogen) atoms. The molecule has 2 aromatic heterocycles. The van der Waals surface area contributed by atoms with Crippen molar-refractivity contribution < 1.29 is 21.3 Å². The standard InChI is InChI=1S/C27H41N5O5S2Si/c1-19-9-11-23(12-10-19)39(35,36)32-14-13-24-25(28-18-29-26(24)32)31(6)22-15-21(16-22)30-38(33,34)17-20(2)37-40(7,8)27(3,4)5/h9-14,18,20-22,30H,15-17H2,1-8H3. The number of fused-ring (bicyclic) bond motifs is 1. The quantitative estimate of drug-likeness (QED) is 0.339. The minimum absolute atomic E-state index is 0.00246. The van der Waals surface area contributed by atoms with E-state index in [4.69, 9.17) is 4.43 Å². The fourth-order valence-electron chi connectivity index (χ4n) is 4.71. The van der Waals surface area contributed by atoms with Gasteiger partial charge in [-0.2, -0.15) is 0 Å². The summed E-state index contributed by atoms with van der Waals surface area (Å²) >= 11 is 0. The monoisotopic (exact) mass is 607 g/mol. The zero-order valence-electron chi connectivity index (χ0n) is 24.5. The van der Waals surface area contributed by atoms with Gasteiger partial charge >= 0.3 is 0 Å². The number of sulfonamides is 1. The van der Waals surface area contributed by atoms with E-state index in [0.717, 1.165) is 5.56 Å². The molecular formula is C27H41N5O5S2Si. The lowest BCUT2D eigenvalue weighted by molar-refractivity contribution is 0.219. The Bertz CT molecular complexity index is 1580. The van der Waals surface area contributed by atoms with E-state index >= 15 is 0 Å². The van der Waals surface area contributed by atoms with E-state index < -0.39 is 34.5 Å². The van der Waals surface area contributed by atoms with Crippen LogP contribution in [-0.4, -0.2) is 70.1 Å². The van der Waals surface area contributed by atoms with Gasteiger partial charge in [0.25, 0.3) is 10.0 Å². The molecule has 1 fully saturated rings. The number of aromatic nitrogens is 3. The van der Waals surface area contributed by atoms with Gasteiger partial charge < -0.3 is 9.33 Å². The van der Waals surface area contributed by atoms with Crippen LogP contribution in [0.1, 0.15) is 46.1 Å². The van der Waals surface area contributed by atoms with Crippen LogP contribution in [0.5, 0.6) is 0 Å². The van der Waals surface area contributed by atoms with Crippen molar-refractivity contribution in [3.05, 3.63) is 48.4 Å². The van der Waals surface area contributed by atoms with E-state index in [0.29, 0.717) is 29.7 Å². The molecule has 13 heteroatoms. The summed E-state index contributed by atoms with van der Waals surface area (Å²) in [5.74, 6) is 0.525. The summed E-state index contributed by atoms with van der Waals surface area (Å²) in [5.41, 5.74) is 1.27.